The molecule has 0 heterocycles. The van der Waals surface area contributed by atoms with Crippen LogP contribution in [0.15, 0.2) is 0 Å². The number of hydrogen-bond donors (Lipinski definition) is 1. The highest BCUT2D eigenvalue weighted by molar-refractivity contribution is 3.85. The Hall–Kier alpha value is -0.980. The lowest BCUT2D eigenvalue weighted by Gasteiger charge is -1.74. The molecule has 0 bridgehead atoms. The fourth-order valence-corrected chi connectivity index (χ4v) is 0. The molecule has 7 heavy (non-hydrogen) atoms. The summed E-state index contributed by atoms with van der Waals surface area (Å²) in [5.74, 6) is 3.97. The van der Waals surface area contributed by atoms with Crippen LogP contribution in [0.2, 0.25) is 0 Å². The first kappa shape index (κ1) is 16.6. The van der Waals surface area contributed by atoms with Gasteiger partial charge in [0.25, 0.3) is 0 Å². The van der Waals surface area contributed by atoms with Gasteiger partial charge in [-0.05, 0) is 0 Å². The number of rotatable bonds is 1. The number of nitrogens with zero attached hydrogens (tertiary/aromatic N) is 1. The summed E-state index contributed by atoms with van der Waals surface area (Å²) in [5, 5.41) is 7.73. The van der Waals surface area contributed by atoms with E-state index in [9.17, 15) is 0 Å². The van der Waals surface area contributed by atoms with E-state index < -0.39 is 5.09 Å². The van der Waals surface area contributed by atoms with Crippen LogP contribution in [0.5, 0.6) is 0 Å². The van der Waals surface area contributed by atoms with Gasteiger partial charge in [-0.2, -0.15) is 5.90 Å². The normalized spacial score (nSPS) is 4.71. The monoisotopic (exact) mass is 118 g/mol. The Morgan fingerprint density at radius 1 is 1.57 bits per heavy atom. The second kappa shape index (κ2) is 8.89. The molecule has 7 heteroatoms. The molecule has 0 aromatic carbocycles. The van der Waals surface area contributed by atoms with Crippen molar-refractivity contribution in [2.24, 2.45) is 5.90 Å². The second-order valence-corrected chi connectivity index (χ2v) is 0.329. The van der Waals surface area contributed by atoms with Crippen molar-refractivity contribution in [1.82, 2.24) is 0 Å². The minimum atomic E-state index is -1.10. The molecule has 0 aromatic heterocycles. The summed E-state index contributed by atoms with van der Waals surface area (Å²) in [5.41, 5.74) is 0. The van der Waals surface area contributed by atoms with Crippen molar-refractivity contribution < 1.29 is 19.4 Å². The average molecular weight is 118 g/mol. The summed E-state index contributed by atoms with van der Waals surface area (Å²) >= 11 is 0. The molecule has 0 spiro atoms. The Morgan fingerprint density at radius 2 is 1.71 bits per heavy atom. The summed E-state index contributed by atoms with van der Waals surface area (Å²) in [7, 11) is 0. The molecule has 0 aromatic rings. The first-order chi connectivity index (χ1) is 2.27. The molecule has 0 amide bonds. The van der Waals surface area contributed by atoms with Crippen molar-refractivity contribution in [2.75, 3.05) is 0 Å². The van der Waals surface area contributed by atoms with E-state index >= 15 is 0 Å². The molecule has 5 nitrogen and oxygen atoms in total. The minimum Gasteiger partial charge on any atom is -0.269 e. The van der Waals surface area contributed by atoms with Gasteiger partial charge in [0, 0.05) is 0 Å². The van der Waals surface area contributed by atoms with Crippen LogP contribution in [0.3, 0.4) is 0 Å². The molecule has 2 N–H and O–H groups in total. The van der Waals surface area contributed by atoms with Crippen LogP contribution < -0.4 is 5.90 Å². The highest BCUT2D eigenvalue weighted by Crippen LogP contribution is 1.52. The highest BCUT2D eigenvalue weighted by Gasteiger charge is 1.78. The maximum Gasteiger partial charge on any atom is 0.311 e. The van der Waals surface area contributed by atoms with E-state index in [4.69, 9.17) is 10.1 Å². The van der Waals surface area contributed by atoms with Gasteiger partial charge in [-0.25, -0.2) is 4.94 Å². The molecule has 0 unspecified atom stereocenters. The molecule has 0 aliphatic carbocycles. The quantitative estimate of drug-likeness (QED) is 0.367. The molecule has 0 aliphatic heterocycles. The Kier molecular flexibility index (Phi) is 21.1. The van der Waals surface area contributed by atoms with Crippen LogP contribution in [-0.2, 0) is 4.94 Å². The van der Waals surface area contributed by atoms with Gasteiger partial charge in [0.2, 0.25) is 0 Å². The topological polar surface area (TPSA) is 78.4 Å². The molecule has 0 rings (SSSR count). The third-order valence-electron chi connectivity index (χ3n) is 0.0861. The first-order valence-electron chi connectivity index (χ1n) is 0.783. The number of nitrogens with two attached hydrogens (primary N) is 1. The summed E-state index contributed by atoms with van der Waals surface area (Å²) in [6.45, 7) is 0. The van der Waals surface area contributed by atoms with E-state index in [2.05, 4.69) is 10.8 Å². The van der Waals surface area contributed by atoms with Crippen LogP contribution in [-0.4, -0.2) is 5.09 Å². The summed E-state index contributed by atoms with van der Waals surface area (Å²) < 4.78 is 0. The van der Waals surface area contributed by atoms with Gasteiger partial charge >= 0.3 is 5.09 Å². The third kappa shape index (κ3) is 44.0. The lowest BCUT2D eigenvalue weighted by molar-refractivity contribution is -0.762. The van der Waals surface area contributed by atoms with Gasteiger partial charge in [0.15, 0.2) is 0 Å². The van der Waals surface area contributed by atoms with E-state index in [1.54, 1.807) is 0 Å². The lowest BCUT2D eigenvalue weighted by Crippen LogP contribution is -2.05. The Balaban J connectivity index is -0.0000000800. The fourth-order valence-electron chi connectivity index (χ4n) is 0. The SMILES string of the molecule is F.F.NO[N+](=O)[O-]. The fraction of sp³-hybridized carbons (Fsp3) is 0. The zero-order chi connectivity index (χ0) is 4.28. The molecule has 0 fully saturated rings. The molecular formula is H4F2N2O3. The zero-order valence-electron chi connectivity index (χ0n) is 3.07. The molecule has 0 radical (unpaired) electrons. The minimum absolute atomic E-state index is 0. The molecule has 46 valence electrons. The maximum absolute atomic E-state index is 8.83. The van der Waals surface area contributed by atoms with Crippen molar-refractivity contribution in [3.05, 3.63) is 10.1 Å². The van der Waals surface area contributed by atoms with E-state index in [-0.39, 0.29) is 9.41 Å². The molecular weight excluding hydrogens is 114 g/mol. The molecule has 0 atom stereocenters. The highest BCUT2D eigenvalue weighted by atomic mass is 19.0. The van der Waals surface area contributed by atoms with E-state index in [0.29, 0.717) is 0 Å². The van der Waals surface area contributed by atoms with Gasteiger partial charge < -0.3 is 0 Å². The molecule has 0 aliphatic rings. The average Bonchev–Trinajstić information content (AvgIpc) is 1.38. The van der Waals surface area contributed by atoms with Gasteiger partial charge in [-0.15, -0.1) is 10.1 Å². The van der Waals surface area contributed by atoms with Gasteiger partial charge in [-0.3, -0.25) is 9.41 Å². The smallest absolute Gasteiger partial charge is 0.269 e. The van der Waals surface area contributed by atoms with Crippen LogP contribution in [0.25, 0.3) is 0 Å². The van der Waals surface area contributed by atoms with Crippen LogP contribution in [0.4, 0.5) is 9.41 Å². The predicted octanol–water partition coefficient (Wildman–Crippen LogP) is -0.627. The van der Waals surface area contributed by atoms with Crippen LogP contribution >= 0.6 is 0 Å². The van der Waals surface area contributed by atoms with Crippen molar-refractivity contribution in [1.29, 1.82) is 0 Å². The van der Waals surface area contributed by atoms with Crippen LogP contribution in [0, 0.1) is 10.1 Å². The van der Waals surface area contributed by atoms with Crippen molar-refractivity contribution in [3.8, 4) is 0 Å². The van der Waals surface area contributed by atoms with Crippen LogP contribution in [0.1, 0.15) is 0 Å². The standard InChI is InChI=1S/2FH.H2N2O3/c;;1-5-2(3)4/h2*1H;1H2. The largest absolute Gasteiger partial charge is 0.311 e. The predicted molar refractivity (Wildman–Crippen MR) is 17.3 cm³/mol. The third-order valence-corrected chi connectivity index (χ3v) is 0.0861. The Labute approximate surface area is 36.8 Å². The Bertz CT molecular complexity index is 46.2. The number of halogens is 2. The van der Waals surface area contributed by atoms with Gasteiger partial charge in [-0.1, -0.05) is 0 Å². The van der Waals surface area contributed by atoms with Crippen molar-refractivity contribution in [3.63, 3.8) is 0 Å². The summed E-state index contributed by atoms with van der Waals surface area (Å²) in [6, 6.07) is 0. The van der Waals surface area contributed by atoms with Crippen molar-refractivity contribution >= 4 is 0 Å². The van der Waals surface area contributed by atoms with E-state index in [0.717, 1.165) is 0 Å². The summed E-state index contributed by atoms with van der Waals surface area (Å²) in [6.07, 6.45) is 0. The summed E-state index contributed by atoms with van der Waals surface area (Å²) in [4.78, 5) is 11.8. The van der Waals surface area contributed by atoms with Gasteiger partial charge in [0.05, 0.1) is 0 Å². The Morgan fingerprint density at radius 3 is 1.71 bits per heavy atom. The maximum atomic E-state index is 8.83. The first-order valence-corrected chi connectivity index (χ1v) is 0.783. The number of hydrogen-bond acceptors (Lipinski definition) is 4. The molecule has 0 saturated heterocycles. The zero-order valence-corrected chi connectivity index (χ0v) is 3.07. The lowest BCUT2D eigenvalue weighted by atomic mass is 13.0. The van der Waals surface area contributed by atoms with Gasteiger partial charge in [0.1, 0.15) is 0 Å². The van der Waals surface area contributed by atoms with E-state index in [1.807, 2.05) is 0 Å². The molecule has 0 saturated carbocycles. The van der Waals surface area contributed by atoms with Crippen molar-refractivity contribution in [2.45, 2.75) is 0 Å². The van der Waals surface area contributed by atoms with E-state index in [1.165, 1.54) is 0 Å². The second-order valence-electron chi connectivity index (χ2n) is 0.329.